The van der Waals surface area contributed by atoms with E-state index < -0.39 is 10.0 Å². The number of aryl methyl sites for hydroxylation is 2. The molecule has 0 aromatic heterocycles. The molecule has 0 bridgehead atoms. The molecule has 1 saturated heterocycles. The molecule has 1 aliphatic heterocycles. The van der Waals surface area contributed by atoms with Crippen LogP contribution in [0.5, 0.6) is 0 Å². The number of likely N-dealkylation sites (N-methyl/N-ethyl adjacent to an activating group) is 1. The molecule has 1 heterocycles. The average Bonchev–Trinajstić information content (AvgIpc) is 3.21. The second-order valence-electron chi connectivity index (χ2n) is 7.72. The predicted octanol–water partition coefficient (Wildman–Crippen LogP) is 3.27. The van der Waals surface area contributed by atoms with Gasteiger partial charge in [0.15, 0.2) is 0 Å². The quantitative estimate of drug-likeness (QED) is 0.754. The Hall–Kier alpha value is -2.38. The second-order valence-corrected chi connectivity index (χ2v) is 9.41. The molecule has 3 rings (SSSR count). The van der Waals surface area contributed by atoms with Gasteiger partial charge in [0.05, 0.1) is 4.90 Å². The molecule has 0 aliphatic carbocycles. The van der Waals surface area contributed by atoms with Gasteiger partial charge in [-0.3, -0.25) is 9.52 Å². The maximum Gasteiger partial charge on any atom is 0.261 e. The van der Waals surface area contributed by atoms with E-state index in [2.05, 4.69) is 9.62 Å². The highest BCUT2D eigenvalue weighted by Gasteiger charge is 2.21. The van der Waals surface area contributed by atoms with Crippen molar-refractivity contribution in [3.63, 3.8) is 0 Å². The number of carbonyl (C=O) groups excluding carboxylic acids is 1. The van der Waals surface area contributed by atoms with Crippen LogP contribution in [0.2, 0.25) is 0 Å². The van der Waals surface area contributed by atoms with Gasteiger partial charge in [-0.1, -0.05) is 23.8 Å². The van der Waals surface area contributed by atoms with Crippen LogP contribution in [0, 0.1) is 13.8 Å². The van der Waals surface area contributed by atoms with E-state index in [1.165, 1.54) is 25.0 Å². The van der Waals surface area contributed by atoms with Gasteiger partial charge in [0, 0.05) is 31.4 Å². The number of carbonyl (C=O) groups is 1. The molecule has 6 nitrogen and oxygen atoms in total. The number of nitrogens with zero attached hydrogens (tertiary/aromatic N) is 2. The summed E-state index contributed by atoms with van der Waals surface area (Å²) in [6.45, 7) is 7.39. The molecule has 2 aromatic carbocycles. The lowest BCUT2D eigenvalue weighted by Crippen LogP contribution is -2.35. The van der Waals surface area contributed by atoms with Crippen molar-refractivity contribution in [3.05, 3.63) is 59.2 Å². The van der Waals surface area contributed by atoms with Crippen LogP contribution in [0.1, 0.15) is 34.3 Å². The number of hydrogen-bond acceptors (Lipinski definition) is 4. The van der Waals surface area contributed by atoms with Gasteiger partial charge < -0.3 is 9.80 Å². The summed E-state index contributed by atoms with van der Waals surface area (Å²) in [5, 5.41) is 0. The molecule has 0 radical (unpaired) electrons. The lowest BCUT2D eigenvalue weighted by atomic mass is 10.1. The first-order valence-corrected chi connectivity index (χ1v) is 11.4. The van der Waals surface area contributed by atoms with Gasteiger partial charge >= 0.3 is 0 Å². The van der Waals surface area contributed by atoms with Crippen molar-refractivity contribution >= 4 is 21.6 Å². The maximum atomic E-state index is 12.9. The van der Waals surface area contributed by atoms with Crippen LogP contribution in [0.4, 0.5) is 5.69 Å². The summed E-state index contributed by atoms with van der Waals surface area (Å²) in [4.78, 5) is 17.0. The van der Waals surface area contributed by atoms with E-state index in [1.807, 2.05) is 26.0 Å². The number of amides is 1. The standard InChI is InChI=1S/C22H29N3O3S/c1-17-6-9-19(10-7-17)23-29(27,28)20-11-8-18(2)21(16-20)22(26)24(3)14-15-25-12-4-5-13-25/h6-11,16,23H,4-5,12-15H2,1-3H3. The SMILES string of the molecule is Cc1ccc(NS(=O)(=O)c2ccc(C)c(C(=O)N(C)CCN3CCCC3)c2)cc1. The minimum Gasteiger partial charge on any atom is -0.340 e. The third-order valence-corrected chi connectivity index (χ3v) is 6.73. The molecule has 7 heteroatoms. The first-order chi connectivity index (χ1) is 13.8. The summed E-state index contributed by atoms with van der Waals surface area (Å²) in [6.07, 6.45) is 2.43. The molecular weight excluding hydrogens is 386 g/mol. The summed E-state index contributed by atoms with van der Waals surface area (Å²) in [5.74, 6) is -0.158. The minimum absolute atomic E-state index is 0.0833. The van der Waals surface area contributed by atoms with Crippen LogP contribution >= 0.6 is 0 Å². The van der Waals surface area contributed by atoms with Gasteiger partial charge in [-0.15, -0.1) is 0 Å². The zero-order valence-corrected chi connectivity index (χ0v) is 18.1. The number of nitrogens with one attached hydrogen (secondary N) is 1. The van der Waals surface area contributed by atoms with E-state index in [4.69, 9.17) is 0 Å². The van der Waals surface area contributed by atoms with E-state index in [0.717, 1.165) is 30.8 Å². The van der Waals surface area contributed by atoms with E-state index in [1.54, 1.807) is 30.1 Å². The highest BCUT2D eigenvalue weighted by Crippen LogP contribution is 2.21. The van der Waals surface area contributed by atoms with Crippen molar-refractivity contribution in [2.24, 2.45) is 0 Å². The van der Waals surface area contributed by atoms with E-state index in [0.29, 0.717) is 17.8 Å². The molecule has 0 saturated carbocycles. The summed E-state index contributed by atoms with van der Waals surface area (Å²) < 4.78 is 28.2. The van der Waals surface area contributed by atoms with Crippen molar-refractivity contribution in [3.8, 4) is 0 Å². The van der Waals surface area contributed by atoms with Crippen LogP contribution in [-0.2, 0) is 10.0 Å². The van der Waals surface area contributed by atoms with Gasteiger partial charge in [0.1, 0.15) is 0 Å². The maximum absolute atomic E-state index is 12.9. The van der Waals surface area contributed by atoms with E-state index >= 15 is 0 Å². The zero-order valence-electron chi connectivity index (χ0n) is 17.3. The van der Waals surface area contributed by atoms with Gasteiger partial charge in [-0.2, -0.15) is 0 Å². The monoisotopic (exact) mass is 415 g/mol. The Bertz CT molecular complexity index is 965. The summed E-state index contributed by atoms with van der Waals surface area (Å²) in [6, 6.07) is 11.8. The molecule has 1 amide bonds. The molecule has 0 unspecified atom stereocenters. The van der Waals surface area contributed by atoms with Crippen LogP contribution in [-0.4, -0.2) is 57.4 Å². The zero-order chi connectivity index (χ0) is 21.0. The van der Waals surface area contributed by atoms with Crippen molar-refractivity contribution in [2.75, 3.05) is 37.9 Å². The molecular formula is C22H29N3O3S. The molecule has 2 aromatic rings. The Balaban J connectivity index is 1.75. The van der Waals surface area contributed by atoms with E-state index in [-0.39, 0.29) is 10.8 Å². The fourth-order valence-corrected chi connectivity index (χ4v) is 4.52. The van der Waals surface area contributed by atoms with Crippen LogP contribution in [0.15, 0.2) is 47.4 Å². The van der Waals surface area contributed by atoms with Gasteiger partial charge in [-0.25, -0.2) is 8.42 Å². The number of likely N-dealkylation sites (tertiary alicyclic amines) is 1. The molecule has 0 spiro atoms. The smallest absolute Gasteiger partial charge is 0.261 e. The third kappa shape index (κ3) is 5.36. The summed E-state index contributed by atoms with van der Waals surface area (Å²) in [7, 11) is -2.01. The normalized spacial score (nSPS) is 14.7. The predicted molar refractivity (Wildman–Crippen MR) is 116 cm³/mol. The number of benzene rings is 2. The highest BCUT2D eigenvalue weighted by molar-refractivity contribution is 7.92. The fourth-order valence-electron chi connectivity index (χ4n) is 3.44. The van der Waals surface area contributed by atoms with Crippen LogP contribution < -0.4 is 4.72 Å². The minimum atomic E-state index is -3.78. The third-order valence-electron chi connectivity index (χ3n) is 5.35. The van der Waals surface area contributed by atoms with Crippen molar-refractivity contribution in [1.29, 1.82) is 0 Å². The van der Waals surface area contributed by atoms with Crippen molar-refractivity contribution < 1.29 is 13.2 Å². The Morgan fingerprint density at radius 1 is 1.07 bits per heavy atom. The summed E-state index contributed by atoms with van der Waals surface area (Å²) >= 11 is 0. The molecule has 1 fully saturated rings. The second kappa shape index (κ2) is 8.97. The molecule has 1 aliphatic rings. The number of rotatable bonds is 7. The first-order valence-electron chi connectivity index (χ1n) is 9.94. The topological polar surface area (TPSA) is 69.7 Å². The van der Waals surface area contributed by atoms with Gasteiger partial charge in [0.2, 0.25) is 0 Å². The number of anilines is 1. The molecule has 29 heavy (non-hydrogen) atoms. The molecule has 156 valence electrons. The lowest BCUT2D eigenvalue weighted by Gasteiger charge is -2.22. The Morgan fingerprint density at radius 3 is 2.38 bits per heavy atom. The van der Waals surface area contributed by atoms with E-state index in [9.17, 15) is 13.2 Å². The van der Waals surface area contributed by atoms with Gasteiger partial charge in [0.25, 0.3) is 15.9 Å². The number of hydrogen-bond donors (Lipinski definition) is 1. The molecule has 1 N–H and O–H groups in total. The van der Waals surface area contributed by atoms with Crippen molar-refractivity contribution in [1.82, 2.24) is 9.80 Å². The van der Waals surface area contributed by atoms with Crippen LogP contribution in [0.3, 0.4) is 0 Å². The largest absolute Gasteiger partial charge is 0.340 e. The number of sulfonamides is 1. The van der Waals surface area contributed by atoms with Crippen LogP contribution in [0.25, 0.3) is 0 Å². The fraction of sp³-hybridized carbons (Fsp3) is 0.409. The first kappa shape index (κ1) is 21.3. The molecule has 0 atom stereocenters. The Morgan fingerprint density at radius 2 is 1.72 bits per heavy atom. The summed E-state index contributed by atoms with van der Waals surface area (Å²) in [5.41, 5.74) is 2.72. The lowest BCUT2D eigenvalue weighted by molar-refractivity contribution is 0.0781. The van der Waals surface area contributed by atoms with Gasteiger partial charge in [-0.05, 0) is 69.6 Å². The average molecular weight is 416 g/mol. The highest BCUT2D eigenvalue weighted by atomic mass is 32.2. The van der Waals surface area contributed by atoms with Crippen molar-refractivity contribution in [2.45, 2.75) is 31.6 Å². The Labute approximate surface area is 173 Å². The Kier molecular flexibility index (Phi) is 6.59.